The summed E-state index contributed by atoms with van der Waals surface area (Å²) in [5, 5.41) is 0. The average molecular weight is 388 g/mol. The smallest absolute Gasteiger partial charge is 0.236 e. The van der Waals surface area contributed by atoms with Crippen LogP contribution in [0.3, 0.4) is 0 Å². The van der Waals surface area contributed by atoms with Crippen LogP contribution in [0.25, 0.3) is 11.0 Å². The van der Waals surface area contributed by atoms with Gasteiger partial charge < -0.3 is 14.2 Å². The Balaban J connectivity index is 1.56. The first-order chi connectivity index (χ1) is 13.7. The molecule has 1 aromatic heterocycles. The third kappa shape index (κ3) is 4.05. The van der Waals surface area contributed by atoms with Crippen LogP contribution in [0, 0.1) is 5.82 Å². The topological polar surface area (TPSA) is 50.6 Å². The van der Waals surface area contributed by atoms with Crippen LogP contribution < -0.4 is 0 Å². The van der Waals surface area contributed by atoms with Crippen LogP contribution in [0.5, 0.6) is 0 Å². The molecule has 4 rings (SSSR count). The molecule has 7 heteroatoms. The molecule has 1 unspecified atom stereocenters. The second-order valence-corrected chi connectivity index (χ2v) is 7.77. The van der Waals surface area contributed by atoms with Gasteiger partial charge in [0, 0.05) is 32.8 Å². The summed E-state index contributed by atoms with van der Waals surface area (Å²) < 4.78 is 22.1. The maximum absolute atomic E-state index is 14.2. The molecule has 0 saturated carbocycles. The highest BCUT2D eigenvalue weighted by atomic mass is 19.1. The minimum atomic E-state index is -0.301. The summed E-state index contributed by atoms with van der Waals surface area (Å²) in [5.41, 5.74) is 1.21. The molecule has 3 heterocycles. The maximum atomic E-state index is 14.2. The van der Waals surface area contributed by atoms with E-state index >= 15 is 0 Å². The van der Waals surface area contributed by atoms with E-state index in [1.165, 1.54) is 6.07 Å². The predicted molar refractivity (Wildman–Crippen MR) is 105 cm³/mol. The van der Waals surface area contributed by atoms with Crippen molar-refractivity contribution in [2.45, 2.75) is 51.8 Å². The quantitative estimate of drug-likeness (QED) is 0.732. The van der Waals surface area contributed by atoms with E-state index < -0.39 is 0 Å². The Morgan fingerprint density at radius 1 is 1.32 bits per heavy atom. The first-order valence-electron chi connectivity index (χ1n) is 10.4. The lowest BCUT2D eigenvalue weighted by Crippen LogP contribution is -2.42. The molecular formula is C21H29FN4O2. The largest absolute Gasteiger partial charge is 0.377 e. The number of carbonyl (C=O) groups is 1. The van der Waals surface area contributed by atoms with Crippen molar-refractivity contribution in [3.05, 3.63) is 29.8 Å². The van der Waals surface area contributed by atoms with E-state index in [1.54, 1.807) is 6.07 Å². The molecule has 2 aliphatic heterocycles. The summed E-state index contributed by atoms with van der Waals surface area (Å²) in [6, 6.07) is 5.06. The Kier molecular flexibility index (Phi) is 5.92. The number of benzene rings is 1. The lowest BCUT2D eigenvalue weighted by Gasteiger charge is -2.26. The fourth-order valence-electron chi connectivity index (χ4n) is 4.35. The van der Waals surface area contributed by atoms with Gasteiger partial charge in [-0.1, -0.05) is 6.07 Å². The van der Waals surface area contributed by atoms with E-state index in [0.717, 1.165) is 56.7 Å². The highest BCUT2D eigenvalue weighted by molar-refractivity contribution is 5.78. The van der Waals surface area contributed by atoms with Crippen LogP contribution in [-0.4, -0.2) is 64.1 Å². The lowest BCUT2D eigenvalue weighted by molar-refractivity contribution is -0.131. The fourth-order valence-corrected chi connectivity index (χ4v) is 4.35. The second kappa shape index (κ2) is 8.57. The van der Waals surface area contributed by atoms with Crippen molar-refractivity contribution in [1.82, 2.24) is 19.4 Å². The molecule has 0 bridgehead atoms. The summed E-state index contributed by atoms with van der Waals surface area (Å²) in [7, 11) is 0. The minimum absolute atomic E-state index is 0.155. The number of amides is 1. The van der Waals surface area contributed by atoms with Gasteiger partial charge in [0.05, 0.1) is 24.7 Å². The van der Waals surface area contributed by atoms with Crippen LogP contribution in [0.4, 0.5) is 4.39 Å². The van der Waals surface area contributed by atoms with Crippen LogP contribution in [-0.2, 0) is 22.6 Å². The molecule has 1 atom stereocenters. The van der Waals surface area contributed by atoms with Gasteiger partial charge >= 0.3 is 0 Å². The Hall–Kier alpha value is -1.99. The van der Waals surface area contributed by atoms with Crippen molar-refractivity contribution in [3.63, 3.8) is 0 Å². The first-order valence-corrected chi connectivity index (χ1v) is 10.4. The summed E-state index contributed by atoms with van der Waals surface area (Å²) in [6.07, 6.45) is 4.41. The highest BCUT2D eigenvalue weighted by Crippen LogP contribution is 2.21. The standard InChI is InChI=1S/C21H29FN4O2/c1-2-26-18-9-5-8-17(22)21(18)23-19(26)14-24(13-16-7-6-12-28-16)15-20(27)25-10-3-4-11-25/h5,8-9,16H,2-4,6-7,10-15H2,1H3. The summed E-state index contributed by atoms with van der Waals surface area (Å²) in [5.74, 6) is 0.667. The first kappa shape index (κ1) is 19.3. The molecule has 2 aliphatic rings. The molecule has 0 spiro atoms. The molecule has 152 valence electrons. The van der Waals surface area contributed by atoms with Gasteiger partial charge in [-0.3, -0.25) is 9.69 Å². The predicted octanol–water partition coefficient (Wildman–Crippen LogP) is 2.80. The zero-order chi connectivity index (χ0) is 19.5. The number of hydrogen-bond donors (Lipinski definition) is 0. The normalized spacial score (nSPS) is 20.0. The average Bonchev–Trinajstić information content (AvgIpc) is 3.43. The number of likely N-dealkylation sites (tertiary alicyclic amines) is 1. The number of nitrogens with zero attached hydrogens (tertiary/aromatic N) is 4. The van der Waals surface area contributed by atoms with E-state index in [4.69, 9.17) is 4.74 Å². The van der Waals surface area contributed by atoms with Crippen LogP contribution in [0.1, 0.15) is 38.4 Å². The van der Waals surface area contributed by atoms with E-state index in [9.17, 15) is 9.18 Å². The summed E-state index contributed by atoms with van der Waals surface area (Å²) in [4.78, 5) is 21.4. The Morgan fingerprint density at radius 2 is 2.14 bits per heavy atom. The molecule has 28 heavy (non-hydrogen) atoms. The van der Waals surface area contributed by atoms with Crippen LogP contribution >= 0.6 is 0 Å². The third-order valence-electron chi connectivity index (χ3n) is 5.79. The number of para-hydroxylation sites is 1. The summed E-state index contributed by atoms with van der Waals surface area (Å²) >= 11 is 0. The van der Waals surface area contributed by atoms with E-state index in [-0.39, 0.29) is 17.8 Å². The highest BCUT2D eigenvalue weighted by Gasteiger charge is 2.26. The Morgan fingerprint density at radius 3 is 2.86 bits per heavy atom. The molecule has 2 fully saturated rings. The van der Waals surface area contributed by atoms with Crippen molar-refractivity contribution in [2.24, 2.45) is 0 Å². The van der Waals surface area contributed by atoms with Crippen LogP contribution in [0.15, 0.2) is 18.2 Å². The second-order valence-electron chi connectivity index (χ2n) is 7.77. The van der Waals surface area contributed by atoms with Gasteiger partial charge in [-0.2, -0.15) is 0 Å². The molecule has 6 nitrogen and oxygen atoms in total. The number of aryl methyl sites for hydroxylation is 1. The molecule has 2 aromatic rings. The molecule has 1 aromatic carbocycles. The van der Waals surface area contributed by atoms with Gasteiger partial charge in [-0.25, -0.2) is 9.37 Å². The van der Waals surface area contributed by atoms with Crippen molar-refractivity contribution >= 4 is 16.9 Å². The van der Waals surface area contributed by atoms with E-state index in [1.807, 2.05) is 22.5 Å². The van der Waals surface area contributed by atoms with Gasteiger partial charge in [0.1, 0.15) is 11.3 Å². The number of hydrogen-bond acceptors (Lipinski definition) is 4. The molecule has 0 radical (unpaired) electrons. The number of fused-ring (bicyclic) bond motifs is 1. The zero-order valence-electron chi connectivity index (χ0n) is 16.6. The number of ether oxygens (including phenoxy) is 1. The fraction of sp³-hybridized carbons (Fsp3) is 0.619. The van der Waals surface area contributed by atoms with E-state index in [0.29, 0.717) is 31.7 Å². The molecule has 1 amide bonds. The van der Waals surface area contributed by atoms with Crippen molar-refractivity contribution in [3.8, 4) is 0 Å². The Labute approximate surface area is 165 Å². The SMILES string of the molecule is CCn1c(CN(CC(=O)N2CCCC2)CC2CCCO2)nc2c(F)cccc21. The molecular weight excluding hydrogens is 359 g/mol. The lowest BCUT2D eigenvalue weighted by atomic mass is 10.2. The van der Waals surface area contributed by atoms with Gasteiger partial charge in [-0.15, -0.1) is 0 Å². The number of halogens is 1. The molecule has 2 saturated heterocycles. The monoisotopic (exact) mass is 388 g/mol. The van der Waals surface area contributed by atoms with Crippen molar-refractivity contribution < 1.29 is 13.9 Å². The summed E-state index contributed by atoms with van der Waals surface area (Å²) in [6.45, 7) is 6.82. The molecule has 0 aliphatic carbocycles. The van der Waals surface area contributed by atoms with Gasteiger partial charge in [-0.05, 0) is 44.7 Å². The number of rotatable bonds is 7. The van der Waals surface area contributed by atoms with Gasteiger partial charge in [0.2, 0.25) is 5.91 Å². The number of aromatic nitrogens is 2. The van der Waals surface area contributed by atoms with E-state index in [2.05, 4.69) is 9.88 Å². The van der Waals surface area contributed by atoms with Gasteiger partial charge in [0.25, 0.3) is 0 Å². The third-order valence-corrected chi connectivity index (χ3v) is 5.79. The van der Waals surface area contributed by atoms with Gasteiger partial charge in [0.15, 0.2) is 5.82 Å². The van der Waals surface area contributed by atoms with Crippen LogP contribution in [0.2, 0.25) is 0 Å². The van der Waals surface area contributed by atoms with Crippen molar-refractivity contribution in [1.29, 1.82) is 0 Å². The maximum Gasteiger partial charge on any atom is 0.236 e. The van der Waals surface area contributed by atoms with Crippen molar-refractivity contribution in [2.75, 3.05) is 32.8 Å². The zero-order valence-corrected chi connectivity index (χ0v) is 16.6. The Bertz CT molecular complexity index is 825. The molecule has 0 N–H and O–H groups in total. The number of imidazole rings is 1. The number of carbonyl (C=O) groups excluding carboxylic acids is 1. The minimum Gasteiger partial charge on any atom is -0.377 e.